The minimum absolute atomic E-state index is 0.164. The quantitative estimate of drug-likeness (QED) is 0.855. The highest BCUT2D eigenvalue weighted by atomic mass is 19.1. The maximum atomic E-state index is 13.7. The Bertz CT molecular complexity index is 873. The van der Waals surface area contributed by atoms with Crippen LogP contribution in [-0.2, 0) is 6.54 Å². The molecule has 0 amide bonds. The Balaban J connectivity index is 1.51. The van der Waals surface area contributed by atoms with Gasteiger partial charge >= 0.3 is 0 Å². The molecule has 1 saturated heterocycles. The lowest BCUT2D eigenvalue weighted by molar-refractivity contribution is -0.958. The van der Waals surface area contributed by atoms with Crippen LogP contribution in [-0.4, -0.2) is 24.0 Å². The first-order valence-electron chi connectivity index (χ1n) is 10.3. The topological polar surface area (TPSA) is 43.1 Å². The number of fused-ring (bicyclic) bond motifs is 2. The Morgan fingerprint density at radius 3 is 2.86 bits per heavy atom. The maximum Gasteiger partial charge on any atom is 0.231 e. The van der Waals surface area contributed by atoms with Crippen molar-refractivity contribution in [1.29, 1.82) is 0 Å². The van der Waals surface area contributed by atoms with Crippen LogP contribution in [0.1, 0.15) is 49.3 Å². The van der Waals surface area contributed by atoms with Crippen LogP contribution in [0.25, 0.3) is 0 Å². The van der Waals surface area contributed by atoms with Gasteiger partial charge in [0.1, 0.15) is 18.4 Å². The molecule has 28 heavy (non-hydrogen) atoms. The minimum atomic E-state index is -0.593. The third-order valence-electron chi connectivity index (χ3n) is 6.86. The van der Waals surface area contributed by atoms with E-state index in [1.54, 1.807) is 12.1 Å². The molecule has 148 valence electrons. The van der Waals surface area contributed by atoms with E-state index in [0.717, 1.165) is 62.3 Å². The van der Waals surface area contributed by atoms with Crippen molar-refractivity contribution >= 4 is 0 Å². The number of ether oxygens (including phenoxy) is 2. The van der Waals surface area contributed by atoms with Crippen molar-refractivity contribution in [2.75, 3.05) is 13.3 Å². The van der Waals surface area contributed by atoms with Crippen molar-refractivity contribution in [3.8, 4) is 11.5 Å². The molecule has 4 nitrogen and oxygen atoms in total. The Hall–Kier alpha value is -2.11. The van der Waals surface area contributed by atoms with Gasteiger partial charge in [-0.1, -0.05) is 25.0 Å². The number of aliphatic hydroxyl groups is 1. The average molecular weight is 384 g/mol. The van der Waals surface area contributed by atoms with Gasteiger partial charge < -0.3 is 19.5 Å². The first-order valence-corrected chi connectivity index (χ1v) is 10.3. The third kappa shape index (κ3) is 3.16. The van der Waals surface area contributed by atoms with Gasteiger partial charge in [0, 0.05) is 23.5 Å². The number of likely N-dealkylation sites (tertiary alicyclic amines) is 1. The highest BCUT2D eigenvalue weighted by Gasteiger charge is 2.51. The first kappa shape index (κ1) is 18.0. The molecule has 1 unspecified atom stereocenters. The number of nitrogens with one attached hydrogen (secondary N) is 1. The summed E-state index contributed by atoms with van der Waals surface area (Å²) >= 11 is 0. The van der Waals surface area contributed by atoms with Gasteiger partial charge in [-0.05, 0) is 43.2 Å². The van der Waals surface area contributed by atoms with E-state index in [9.17, 15) is 9.50 Å². The second-order valence-corrected chi connectivity index (χ2v) is 8.51. The zero-order chi connectivity index (χ0) is 19.1. The summed E-state index contributed by atoms with van der Waals surface area (Å²) in [5, 5.41) is 11.4. The van der Waals surface area contributed by atoms with Gasteiger partial charge in [-0.25, -0.2) is 4.39 Å². The summed E-state index contributed by atoms with van der Waals surface area (Å²) in [4.78, 5) is 1.39. The predicted octanol–water partition coefficient (Wildman–Crippen LogP) is 3.01. The lowest BCUT2D eigenvalue weighted by Gasteiger charge is -2.50. The second-order valence-electron chi connectivity index (χ2n) is 8.51. The monoisotopic (exact) mass is 384 g/mol. The molecular weight excluding hydrogens is 357 g/mol. The zero-order valence-electron chi connectivity index (χ0n) is 16.0. The van der Waals surface area contributed by atoms with Crippen LogP contribution >= 0.6 is 0 Å². The Morgan fingerprint density at radius 2 is 1.96 bits per heavy atom. The van der Waals surface area contributed by atoms with E-state index < -0.39 is 5.60 Å². The third-order valence-corrected chi connectivity index (χ3v) is 6.86. The van der Waals surface area contributed by atoms with Gasteiger partial charge in [0.2, 0.25) is 6.79 Å². The molecule has 2 aromatic rings. The van der Waals surface area contributed by atoms with Crippen molar-refractivity contribution in [3.63, 3.8) is 0 Å². The molecule has 2 heterocycles. The van der Waals surface area contributed by atoms with Crippen LogP contribution in [0.5, 0.6) is 11.5 Å². The van der Waals surface area contributed by atoms with Crippen molar-refractivity contribution in [2.45, 2.75) is 50.3 Å². The summed E-state index contributed by atoms with van der Waals surface area (Å²) < 4.78 is 24.8. The fourth-order valence-electron chi connectivity index (χ4n) is 5.54. The molecule has 2 aromatic carbocycles. The van der Waals surface area contributed by atoms with E-state index in [2.05, 4.69) is 12.1 Å². The van der Waals surface area contributed by atoms with E-state index in [-0.39, 0.29) is 24.6 Å². The molecule has 2 N–H and O–H groups in total. The predicted molar refractivity (Wildman–Crippen MR) is 103 cm³/mol. The molecule has 3 aliphatic rings. The molecule has 1 aliphatic carbocycles. The van der Waals surface area contributed by atoms with E-state index in [0.29, 0.717) is 0 Å². The number of quaternary nitrogens is 1. The Kier molecular flexibility index (Phi) is 4.52. The van der Waals surface area contributed by atoms with Crippen LogP contribution in [0.2, 0.25) is 0 Å². The van der Waals surface area contributed by atoms with Gasteiger partial charge in [-0.15, -0.1) is 0 Å². The van der Waals surface area contributed by atoms with Crippen LogP contribution in [0.3, 0.4) is 0 Å². The highest BCUT2D eigenvalue weighted by molar-refractivity contribution is 5.45. The fraction of sp³-hybridized carbons (Fsp3) is 0.478. The molecule has 0 aromatic heterocycles. The lowest BCUT2D eigenvalue weighted by Crippen LogP contribution is -3.13. The summed E-state index contributed by atoms with van der Waals surface area (Å²) in [6.45, 7) is 1.89. The molecule has 5 rings (SSSR count). The van der Waals surface area contributed by atoms with Gasteiger partial charge in [0.15, 0.2) is 11.5 Å². The molecule has 0 bridgehead atoms. The molecule has 0 spiro atoms. The van der Waals surface area contributed by atoms with Gasteiger partial charge in [-0.2, -0.15) is 0 Å². The molecule has 0 radical (unpaired) electrons. The van der Waals surface area contributed by atoms with Gasteiger partial charge in [0.25, 0.3) is 0 Å². The summed E-state index contributed by atoms with van der Waals surface area (Å²) in [6, 6.07) is 13.2. The number of hydrogen-bond donors (Lipinski definition) is 2. The van der Waals surface area contributed by atoms with E-state index in [1.165, 1.54) is 16.5 Å². The summed E-state index contributed by atoms with van der Waals surface area (Å²) in [7, 11) is 0. The Labute approximate surface area is 164 Å². The van der Waals surface area contributed by atoms with Crippen LogP contribution in [0.15, 0.2) is 42.5 Å². The fourth-order valence-corrected chi connectivity index (χ4v) is 5.54. The standard InChI is InChI=1S/C23H26FNO3/c24-18-5-3-4-16(12-18)14-25-11-10-23(26)9-2-1-6-19(23)22(25)17-7-8-20-21(13-17)28-15-27-20/h3-5,7-8,12-13,19,22,26H,1-2,6,9-11,14-15H2/p+1/t19-,22+,23+/m1/s1. The number of benzene rings is 2. The van der Waals surface area contributed by atoms with Crippen LogP contribution in [0.4, 0.5) is 4.39 Å². The summed E-state index contributed by atoms with van der Waals surface area (Å²) in [6.07, 6.45) is 4.97. The molecule has 4 atom stereocenters. The number of halogens is 1. The number of hydrogen-bond acceptors (Lipinski definition) is 3. The first-order chi connectivity index (χ1) is 13.6. The van der Waals surface area contributed by atoms with E-state index in [4.69, 9.17) is 9.47 Å². The van der Waals surface area contributed by atoms with Crippen molar-refractivity contribution in [1.82, 2.24) is 0 Å². The molecule has 2 fully saturated rings. The van der Waals surface area contributed by atoms with Crippen molar-refractivity contribution in [3.05, 3.63) is 59.4 Å². The largest absolute Gasteiger partial charge is 0.454 e. The smallest absolute Gasteiger partial charge is 0.231 e. The molecule has 2 aliphatic heterocycles. The Morgan fingerprint density at radius 1 is 1.07 bits per heavy atom. The molecule has 5 heteroatoms. The highest BCUT2D eigenvalue weighted by Crippen LogP contribution is 2.45. The van der Waals surface area contributed by atoms with E-state index in [1.807, 2.05) is 12.1 Å². The van der Waals surface area contributed by atoms with Crippen LogP contribution < -0.4 is 14.4 Å². The normalized spacial score (nSPS) is 31.4. The summed E-state index contributed by atoms with van der Waals surface area (Å²) in [5.41, 5.74) is 1.59. The molecule has 1 saturated carbocycles. The summed E-state index contributed by atoms with van der Waals surface area (Å²) in [5.74, 6) is 1.58. The number of rotatable bonds is 3. The van der Waals surface area contributed by atoms with Gasteiger partial charge in [-0.3, -0.25) is 0 Å². The lowest BCUT2D eigenvalue weighted by atomic mass is 9.66. The zero-order valence-corrected chi connectivity index (χ0v) is 16.0. The molecular formula is C23H27FNO3+. The SMILES string of the molecule is O[C@]12CCCC[C@@H]1[C@H](c1ccc3c(c1)OCO3)[NH+](Cc1cccc(F)c1)CC2. The van der Waals surface area contributed by atoms with Gasteiger partial charge in [0.05, 0.1) is 12.1 Å². The van der Waals surface area contributed by atoms with E-state index >= 15 is 0 Å². The maximum absolute atomic E-state index is 13.7. The van der Waals surface area contributed by atoms with Crippen LogP contribution in [0, 0.1) is 11.7 Å². The van der Waals surface area contributed by atoms with Crippen molar-refractivity contribution in [2.24, 2.45) is 5.92 Å². The second kappa shape index (κ2) is 7.05. The van der Waals surface area contributed by atoms with Crippen molar-refractivity contribution < 1.29 is 23.9 Å². The minimum Gasteiger partial charge on any atom is -0.454 e. The average Bonchev–Trinajstić information content (AvgIpc) is 3.16. The number of piperidine rings is 1.